The van der Waals surface area contributed by atoms with E-state index in [-0.39, 0.29) is 24.7 Å². The van der Waals surface area contributed by atoms with Crippen LogP contribution < -0.4 is 14.4 Å². The molecule has 7 nitrogen and oxygen atoms in total. The Morgan fingerprint density at radius 1 is 1.25 bits per heavy atom. The molecule has 0 radical (unpaired) electrons. The number of amides is 1. The summed E-state index contributed by atoms with van der Waals surface area (Å²) < 4.78 is 11.1. The van der Waals surface area contributed by atoms with Crippen molar-refractivity contribution in [2.24, 2.45) is 0 Å². The number of anilines is 1. The summed E-state index contributed by atoms with van der Waals surface area (Å²) >= 11 is 0. The summed E-state index contributed by atoms with van der Waals surface area (Å²) in [5.74, 6) is 0.901. The fraction of sp³-hybridized carbons (Fsp3) is 0.235. The average molecular weight is 328 g/mol. The molecule has 2 aromatic rings. The number of fused-ring (bicyclic) bond motifs is 1. The van der Waals surface area contributed by atoms with Gasteiger partial charge >= 0.3 is 0 Å². The highest BCUT2D eigenvalue weighted by molar-refractivity contribution is 6.00. The molecule has 1 heterocycles. The number of benzene rings is 2. The van der Waals surface area contributed by atoms with Gasteiger partial charge in [0.25, 0.3) is 11.6 Å². The van der Waals surface area contributed by atoms with Crippen molar-refractivity contribution in [3.63, 3.8) is 0 Å². The molecule has 0 saturated carbocycles. The second-order valence-corrected chi connectivity index (χ2v) is 5.32. The van der Waals surface area contributed by atoms with E-state index in [0.717, 1.165) is 0 Å². The second kappa shape index (κ2) is 6.57. The maximum absolute atomic E-state index is 12.4. The highest BCUT2D eigenvalue weighted by Gasteiger charge is 2.32. The zero-order chi connectivity index (χ0) is 17.1. The molecule has 0 N–H and O–H groups in total. The standard InChI is InChI=1S/C17H16N2O5/c1-12-17(20)18(9-10-23-14-5-3-2-4-6-14)15-11-13(19(21)22)7-8-16(15)24-12/h2-8,11-12H,9-10H2,1H3/t12-/m1/s1. The third-order valence-electron chi connectivity index (χ3n) is 3.69. The van der Waals surface area contributed by atoms with Crippen LogP contribution in [0.15, 0.2) is 48.5 Å². The van der Waals surface area contributed by atoms with E-state index in [1.54, 1.807) is 6.92 Å². The van der Waals surface area contributed by atoms with Crippen LogP contribution in [0.5, 0.6) is 11.5 Å². The molecule has 0 aliphatic carbocycles. The number of carbonyl (C=O) groups is 1. The van der Waals surface area contributed by atoms with Crippen LogP contribution in [0.3, 0.4) is 0 Å². The molecule has 3 rings (SSSR count). The molecular formula is C17H16N2O5. The first-order valence-electron chi connectivity index (χ1n) is 7.50. The zero-order valence-electron chi connectivity index (χ0n) is 13.0. The van der Waals surface area contributed by atoms with E-state index < -0.39 is 11.0 Å². The molecule has 0 aromatic heterocycles. The lowest BCUT2D eigenvalue weighted by atomic mass is 10.1. The van der Waals surface area contributed by atoms with Crippen molar-refractivity contribution >= 4 is 17.3 Å². The van der Waals surface area contributed by atoms with E-state index in [0.29, 0.717) is 17.2 Å². The molecule has 0 saturated heterocycles. The summed E-state index contributed by atoms with van der Waals surface area (Å²) in [6.07, 6.45) is -0.643. The normalized spacial score (nSPS) is 16.3. The van der Waals surface area contributed by atoms with Crippen LogP contribution in [-0.2, 0) is 4.79 Å². The van der Waals surface area contributed by atoms with E-state index in [9.17, 15) is 14.9 Å². The van der Waals surface area contributed by atoms with E-state index >= 15 is 0 Å². The van der Waals surface area contributed by atoms with Crippen molar-refractivity contribution in [3.8, 4) is 11.5 Å². The Bertz CT molecular complexity index is 763. The van der Waals surface area contributed by atoms with Gasteiger partial charge in [0, 0.05) is 12.1 Å². The Kier molecular flexibility index (Phi) is 4.33. The fourth-order valence-corrected chi connectivity index (χ4v) is 2.51. The van der Waals surface area contributed by atoms with Gasteiger partial charge in [-0.1, -0.05) is 18.2 Å². The maximum Gasteiger partial charge on any atom is 0.271 e. The van der Waals surface area contributed by atoms with Gasteiger partial charge in [-0.25, -0.2) is 0 Å². The van der Waals surface area contributed by atoms with Crippen LogP contribution >= 0.6 is 0 Å². The van der Waals surface area contributed by atoms with E-state index in [1.807, 2.05) is 30.3 Å². The third kappa shape index (κ3) is 3.15. The summed E-state index contributed by atoms with van der Waals surface area (Å²) in [5, 5.41) is 11.0. The molecule has 124 valence electrons. The van der Waals surface area contributed by atoms with Gasteiger partial charge < -0.3 is 14.4 Å². The van der Waals surface area contributed by atoms with Gasteiger partial charge in [-0.2, -0.15) is 0 Å². The van der Waals surface area contributed by atoms with E-state index in [1.165, 1.54) is 23.1 Å². The monoisotopic (exact) mass is 328 g/mol. The van der Waals surface area contributed by atoms with Crippen molar-refractivity contribution in [1.29, 1.82) is 0 Å². The maximum atomic E-state index is 12.4. The van der Waals surface area contributed by atoms with Crippen LogP contribution in [0.2, 0.25) is 0 Å². The van der Waals surface area contributed by atoms with Crippen LogP contribution in [0, 0.1) is 10.1 Å². The number of rotatable bonds is 5. The molecule has 0 fully saturated rings. The fourth-order valence-electron chi connectivity index (χ4n) is 2.51. The molecule has 7 heteroatoms. The van der Waals surface area contributed by atoms with Crippen molar-refractivity contribution < 1.29 is 19.2 Å². The lowest BCUT2D eigenvalue weighted by molar-refractivity contribution is -0.384. The molecule has 0 spiro atoms. The van der Waals surface area contributed by atoms with Crippen LogP contribution in [-0.4, -0.2) is 30.1 Å². The number of carbonyl (C=O) groups excluding carboxylic acids is 1. The Labute approximate surface area is 138 Å². The SMILES string of the molecule is C[C@H]1Oc2ccc([N+](=O)[O-])cc2N(CCOc2ccccc2)C1=O. The molecule has 1 aliphatic rings. The largest absolute Gasteiger partial charge is 0.492 e. The number of nitrogens with zero attached hydrogens (tertiary/aromatic N) is 2. The first-order valence-corrected chi connectivity index (χ1v) is 7.50. The van der Waals surface area contributed by atoms with Gasteiger partial charge in [0.1, 0.15) is 18.1 Å². The first kappa shape index (κ1) is 15.8. The van der Waals surface area contributed by atoms with Crippen molar-refractivity contribution in [1.82, 2.24) is 0 Å². The Morgan fingerprint density at radius 2 is 2.00 bits per heavy atom. The minimum Gasteiger partial charge on any atom is -0.492 e. The van der Waals surface area contributed by atoms with Gasteiger partial charge in [-0.15, -0.1) is 0 Å². The number of ether oxygens (including phenoxy) is 2. The zero-order valence-corrected chi connectivity index (χ0v) is 13.0. The average Bonchev–Trinajstić information content (AvgIpc) is 2.58. The summed E-state index contributed by atoms with van der Waals surface area (Å²) in [7, 11) is 0. The number of nitro groups is 1. The number of para-hydroxylation sites is 1. The van der Waals surface area contributed by atoms with E-state index in [2.05, 4.69) is 0 Å². The quantitative estimate of drug-likeness (QED) is 0.622. The molecule has 1 amide bonds. The Balaban J connectivity index is 1.79. The summed E-state index contributed by atoms with van der Waals surface area (Å²) in [5.41, 5.74) is 0.303. The third-order valence-corrected chi connectivity index (χ3v) is 3.69. The van der Waals surface area contributed by atoms with Gasteiger partial charge in [0.15, 0.2) is 6.10 Å². The summed E-state index contributed by atoms with van der Waals surface area (Å²) in [4.78, 5) is 24.3. The second-order valence-electron chi connectivity index (χ2n) is 5.32. The predicted molar refractivity (Wildman–Crippen MR) is 87.5 cm³/mol. The Hall–Kier alpha value is -3.09. The number of non-ortho nitro benzene ring substituents is 1. The summed E-state index contributed by atoms with van der Waals surface area (Å²) in [6.45, 7) is 2.19. The molecule has 2 aromatic carbocycles. The molecule has 0 unspecified atom stereocenters. The minimum absolute atomic E-state index is 0.0892. The topological polar surface area (TPSA) is 81.9 Å². The van der Waals surface area contributed by atoms with Gasteiger partial charge in [0.05, 0.1) is 17.2 Å². The Morgan fingerprint density at radius 3 is 2.71 bits per heavy atom. The van der Waals surface area contributed by atoms with Gasteiger partial charge in [-0.3, -0.25) is 14.9 Å². The highest BCUT2D eigenvalue weighted by Crippen LogP contribution is 2.36. The smallest absolute Gasteiger partial charge is 0.271 e. The van der Waals surface area contributed by atoms with E-state index in [4.69, 9.17) is 9.47 Å². The molecular weight excluding hydrogens is 312 g/mol. The van der Waals surface area contributed by atoms with Crippen LogP contribution in [0.1, 0.15) is 6.92 Å². The molecule has 0 bridgehead atoms. The van der Waals surface area contributed by atoms with Crippen LogP contribution in [0.25, 0.3) is 0 Å². The van der Waals surface area contributed by atoms with Gasteiger partial charge in [-0.05, 0) is 25.1 Å². The van der Waals surface area contributed by atoms with Crippen molar-refractivity contribution in [2.75, 3.05) is 18.1 Å². The molecule has 1 atom stereocenters. The minimum atomic E-state index is -0.643. The lowest BCUT2D eigenvalue weighted by Crippen LogP contribution is -2.46. The lowest BCUT2D eigenvalue weighted by Gasteiger charge is -2.32. The summed E-state index contributed by atoms with van der Waals surface area (Å²) in [6, 6.07) is 13.5. The van der Waals surface area contributed by atoms with Crippen molar-refractivity contribution in [2.45, 2.75) is 13.0 Å². The van der Waals surface area contributed by atoms with Crippen molar-refractivity contribution in [3.05, 3.63) is 58.6 Å². The van der Waals surface area contributed by atoms with Crippen LogP contribution in [0.4, 0.5) is 11.4 Å². The highest BCUT2D eigenvalue weighted by atomic mass is 16.6. The first-order chi connectivity index (χ1) is 11.6. The number of hydrogen-bond donors (Lipinski definition) is 0. The molecule has 24 heavy (non-hydrogen) atoms. The predicted octanol–water partition coefficient (Wildman–Crippen LogP) is 2.79. The number of hydrogen-bond acceptors (Lipinski definition) is 5. The molecule has 1 aliphatic heterocycles. The van der Waals surface area contributed by atoms with Gasteiger partial charge in [0.2, 0.25) is 0 Å². The number of nitro benzene ring substituents is 1.